The summed E-state index contributed by atoms with van der Waals surface area (Å²) in [6, 6.07) is 11.9. The second-order valence-electron chi connectivity index (χ2n) is 4.49. The third-order valence-electron chi connectivity index (χ3n) is 3.00. The smallest absolute Gasteiger partial charge is 0.0488 e. The van der Waals surface area contributed by atoms with Gasteiger partial charge >= 0.3 is 0 Å². The molecule has 0 aliphatic rings. The molecule has 0 saturated heterocycles. The lowest BCUT2D eigenvalue weighted by Crippen LogP contribution is -2.06. The number of rotatable bonds is 4. The van der Waals surface area contributed by atoms with E-state index in [9.17, 15) is 0 Å². The molecule has 0 bridgehead atoms. The first-order valence-corrected chi connectivity index (χ1v) is 7.27. The molecule has 2 aromatic carbocycles. The molecule has 0 saturated carbocycles. The van der Waals surface area contributed by atoms with Crippen LogP contribution in [0.15, 0.2) is 40.9 Å². The van der Waals surface area contributed by atoms with Crippen molar-refractivity contribution in [2.45, 2.75) is 13.3 Å². The molecule has 4 heteroatoms. The van der Waals surface area contributed by atoms with Gasteiger partial charge in [-0.2, -0.15) is 0 Å². The maximum absolute atomic E-state index is 5.86. The maximum Gasteiger partial charge on any atom is 0.0488 e. The van der Waals surface area contributed by atoms with Crippen LogP contribution in [0.2, 0.25) is 5.02 Å². The van der Waals surface area contributed by atoms with Gasteiger partial charge in [-0.25, -0.2) is 0 Å². The lowest BCUT2D eigenvalue weighted by Gasteiger charge is -2.11. The molecule has 2 rings (SSSR count). The first-order chi connectivity index (χ1) is 9.06. The summed E-state index contributed by atoms with van der Waals surface area (Å²) in [5.41, 5.74) is 10.1. The van der Waals surface area contributed by atoms with E-state index in [-0.39, 0.29) is 0 Å². The molecule has 0 aliphatic heterocycles. The van der Waals surface area contributed by atoms with E-state index in [4.69, 9.17) is 17.3 Å². The van der Waals surface area contributed by atoms with Crippen LogP contribution in [-0.2, 0) is 6.42 Å². The molecule has 0 radical (unpaired) electrons. The lowest BCUT2D eigenvalue weighted by molar-refractivity contribution is 1.02. The number of nitrogens with two attached hydrogens (primary N) is 1. The molecule has 0 amide bonds. The minimum Gasteiger partial charge on any atom is -0.398 e. The predicted octanol–water partition coefficient (Wildman–Crippen LogP) is 4.65. The number of anilines is 2. The number of halogens is 2. The van der Waals surface area contributed by atoms with Crippen LogP contribution >= 0.6 is 27.5 Å². The summed E-state index contributed by atoms with van der Waals surface area (Å²) < 4.78 is 0.992. The topological polar surface area (TPSA) is 38.0 Å². The van der Waals surface area contributed by atoms with Crippen LogP contribution in [0.1, 0.15) is 11.1 Å². The fourth-order valence-electron chi connectivity index (χ4n) is 1.82. The average Bonchev–Trinajstić information content (AvgIpc) is 2.38. The fraction of sp³-hybridized carbons (Fsp3) is 0.200. The van der Waals surface area contributed by atoms with Gasteiger partial charge in [0, 0.05) is 27.4 Å². The van der Waals surface area contributed by atoms with E-state index in [2.05, 4.69) is 27.3 Å². The van der Waals surface area contributed by atoms with Gasteiger partial charge in [-0.05, 0) is 64.7 Å². The Bertz CT molecular complexity index is 567. The highest BCUT2D eigenvalue weighted by Gasteiger charge is 2.03. The summed E-state index contributed by atoms with van der Waals surface area (Å²) in [7, 11) is 0. The molecule has 2 aromatic rings. The van der Waals surface area contributed by atoms with Crippen LogP contribution in [0.25, 0.3) is 0 Å². The normalized spacial score (nSPS) is 10.5. The molecule has 0 spiro atoms. The molecule has 0 atom stereocenters. The van der Waals surface area contributed by atoms with E-state index in [1.54, 1.807) is 0 Å². The van der Waals surface area contributed by atoms with E-state index in [1.807, 2.05) is 37.3 Å². The van der Waals surface area contributed by atoms with Crippen molar-refractivity contribution < 1.29 is 0 Å². The SMILES string of the molecule is Cc1cc(NCCc2ccc(Cl)cc2)c(Br)cc1N. The molecule has 0 unspecified atom stereocenters. The highest BCUT2D eigenvalue weighted by molar-refractivity contribution is 9.10. The highest BCUT2D eigenvalue weighted by Crippen LogP contribution is 2.27. The highest BCUT2D eigenvalue weighted by atomic mass is 79.9. The average molecular weight is 340 g/mol. The number of nitrogens with one attached hydrogen (secondary N) is 1. The molecule has 100 valence electrons. The Morgan fingerprint density at radius 3 is 2.58 bits per heavy atom. The zero-order chi connectivity index (χ0) is 13.8. The maximum atomic E-state index is 5.86. The number of aryl methyl sites for hydroxylation is 1. The van der Waals surface area contributed by atoms with Crippen LogP contribution in [0.5, 0.6) is 0 Å². The third kappa shape index (κ3) is 3.88. The van der Waals surface area contributed by atoms with Crippen LogP contribution in [-0.4, -0.2) is 6.54 Å². The van der Waals surface area contributed by atoms with Crippen molar-refractivity contribution >= 4 is 38.9 Å². The molecule has 2 nitrogen and oxygen atoms in total. The zero-order valence-corrected chi connectivity index (χ0v) is 13.1. The molecule has 0 aromatic heterocycles. The first kappa shape index (κ1) is 14.2. The molecule has 0 heterocycles. The monoisotopic (exact) mass is 338 g/mol. The van der Waals surface area contributed by atoms with Gasteiger partial charge in [0.25, 0.3) is 0 Å². The second kappa shape index (κ2) is 6.31. The fourth-order valence-corrected chi connectivity index (χ4v) is 2.45. The van der Waals surface area contributed by atoms with E-state index >= 15 is 0 Å². The van der Waals surface area contributed by atoms with Crippen LogP contribution < -0.4 is 11.1 Å². The second-order valence-corrected chi connectivity index (χ2v) is 5.78. The molecular weight excluding hydrogens is 324 g/mol. The zero-order valence-electron chi connectivity index (χ0n) is 10.7. The Labute approximate surface area is 127 Å². The van der Waals surface area contributed by atoms with E-state index in [0.717, 1.165) is 39.4 Å². The van der Waals surface area contributed by atoms with Gasteiger partial charge < -0.3 is 11.1 Å². The molecule has 19 heavy (non-hydrogen) atoms. The molecule has 0 fully saturated rings. The minimum absolute atomic E-state index is 0.772. The molecule has 0 aliphatic carbocycles. The Hall–Kier alpha value is -1.19. The Morgan fingerprint density at radius 1 is 1.21 bits per heavy atom. The quantitative estimate of drug-likeness (QED) is 0.796. The van der Waals surface area contributed by atoms with E-state index in [1.165, 1.54) is 5.56 Å². The summed E-state index contributed by atoms with van der Waals surface area (Å²) >= 11 is 9.38. The van der Waals surface area contributed by atoms with Crippen molar-refractivity contribution in [1.82, 2.24) is 0 Å². The lowest BCUT2D eigenvalue weighted by atomic mass is 10.1. The molecule has 3 N–H and O–H groups in total. The largest absolute Gasteiger partial charge is 0.398 e. The van der Waals surface area contributed by atoms with Gasteiger partial charge in [-0.15, -0.1) is 0 Å². The van der Waals surface area contributed by atoms with E-state index < -0.39 is 0 Å². The van der Waals surface area contributed by atoms with Crippen molar-refractivity contribution in [3.63, 3.8) is 0 Å². The summed E-state index contributed by atoms with van der Waals surface area (Å²) in [6.45, 7) is 2.87. The van der Waals surface area contributed by atoms with E-state index in [0.29, 0.717) is 0 Å². The predicted molar refractivity (Wildman–Crippen MR) is 86.9 cm³/mol. The van der Waals surface area contributed by atoms with Gasteiger partial charge in [0.15, 0.2) is 0 Å². The first-order valence-electron chi connectivity index (χ1n) is 6.10. The minimum atomic E-state index is 0.772. The third-order valence-corrected chi connectivity index (χ3v) is 3.91. The summed E-state index contributed by atoms with van der Waals surface area (Å²) in [4.78, 5) is 0. The van der Waals surface area contributed by atoms with Crippen molar-refractivity contribution in [3.8, 4) is 0 Å². The van der Waals surface area contributed by atoms with Gasteiger partial charge in [-0.1, -0.05) is 23.7 Å². The van der Waals surface area contributed by atoms with Gasteiger partial charge in [0.1, 0.15) is 0 Å². The Morgan fingerprint density at radius 2 is 1.89 bits per heavy atom. The standard InChI is InChI=1S/C15H16BrClN2/c1-10-8-15(13(16)9-14(10)18)19-7-6-11-2-4-12(17)5-3-11/h2-5,8-9,19H,6-7,18H2,1H3. The Kier molecular flexibility index (Phi) is 4.72. The van der Waals surface area contributed by atoms with Gasteiger partial charge in [0.2, 0.25) is 0 Å². The van der Waals surface area contributed by atoms with Crippen molar-refractivity contribution in [2.75, 3.05) is 17.6 Å². The summed E-state index contributed by atoms with van der Waals surface area (Å²) in [6.07, 6.45) is 0.951. The summed E-state index contributed by atoms with van der Waals surface area (Å²) in [5, 5.41) is 4.18. The van der Waals surface area contributed by atoms with Crippen molar-refractivity contribution in [3.05, 3.63) is 57.0 Å². The van der Waals surface area contributed by atoms with Gasteiger partial charge in [-0.3, -0.25) is 0 Å². The van der Waals surface area contributed by atoms with Crippen LogP contribution in [0, 0.1) is 6.92 Å². The number of hydrogen-bond donors (Lipinski definition) is 2. The van der Waals surface area contributed by atoms with Crippen LogP contribution in [0.3, 0.4) is 0 Å². The van der Waals surface area contributed by atoms with Gasteiger partial charge in [0.05, 0.1) is 0 Å². The number of nitrogen functional groups attached to an aromatic ring is 1. The molecular formula is C15H16BrClN2. The Balaban J connectivity index is 1.96. The van der Waals surface area contributed by atoms with Crippen molar-refractivity contribution in [2.24, 2.45) is 0 Å². The van der Waals surface area contributed by atoms with Crippen molar-refractivity contribution in [1.29, 1.82) is 0 Å². The summed E-state index contributed by atoms with van der Waals surface area (Å²) in [5.74, 6) is 0. The number of hydrogen-bond acceptors (Lipinski definition) is 2. The van der Waals surface area contributed by atoms with Crippen LogP contribution in [0.4, 0.5) is 11.4 Å². The number of benzene rings is 2.